The van der Waals surface area contributed by atoms with E-state index in [-0.39, 0.29) is 5.41 Å². The van der Waals surface area contributed by atoms with Gasteiger partial charge in [0.2, 0.25) is 0 Å². The third-order valence-corrected chi connectivity index (χ3v) is 3.58. The van der Waals surface area contributed by atoms with Gasteiger partial charge in [0.15, 0.2) is 0 Å². The zero-order valence-corrected chi connectivity index (χ0v) is 11.4. The molecule has 0 amide bonds. The summed E-state index contributed by atoms with van der Waals surface area (Å²) < 4.78 is 0. The van der Waals surface area contributed by atoms with Gasteiger partial charge in [0.05, 0.1) is 0 Å². The average molecular weight is 231 g/mol. The largest absolute Gasteiger partial charge is 0.313 e. The van der Waals surface area contributed by atoms with Crippen LogP contribution < -0.4 is 5.32 Å². The van der Waals surface area contributed by atoms with E-state index in [1.165, 1.54) is 36.9 Å². The summed E-state index contributed by atoms with van der Waals surface area (Å²) >= 11 is 0. The van der Waals surface area contributed by atoms with Crippen LogP contribution in [0.1, 0.15) is 51.2 Å². The second-order valence-corrected chi connectivity index (χ2v) is 6.36. The molecule has 1 N–H and O–H groups in total. The molecule has 1 nitrogen and oxygen atoms in total. The maximum absolute atomic E-state index is 3.53. The molecule has 0 radical (unpaired) electrons. The Morgan fingerprint density at radius 3 is 2.29 bits per heavy atom. The summed E-state index contributed by atoms with van der Waals surface area (Å²) in [5.41, 5.74) is 3.07. The Morgan fingerprint density at radius 2 is 1.76 bits per heavy atom. The monoisotopic (exact) mass is 231 g/mol. The molecule has 1 aromatic carbocycles. The molecule has 94 valence electrons. The van der Waals surface area contributed by atoms with Crippen molar-refractivity contribution in [3.05, 3.63) is 35.4 Å². The first-order valence-electron chi connectivity index (χ1n) is 6.86. The van der Waals surface area contributed by atoms with E-state index < -0.39 is 0 Å². The summed E-state index contributed by atoms with van der Waals surface area (Å²) in [5, 5.41) is 3.53. The Balaban J connectivity index is 1.76. The van der Waals surface area contributed by atoms with Crippen molar-refractivity contribution in [3.63, 3.8) is 0 Å². The maximum Gasteiger partial charge on any atom is 0.0205 e. The van der Waals surface area contributed by atoms with Crippen LogP contribution in [0.4, 0.5) is 0 Å². The van der Waals surface area contributed by atoms with E-state index in [0.717, 1.165) is 12.5 Å². The molecule has 0 unspecified atom stereocenters. The first-order valence-corrected chi connectivity index (χ1v) is 6.86. The summed E-state index contributed by atoms with van der Waals surface area (Å²) in [6, 6.07) is 9.03. The zero-order valence-electron chi connectivity index (χ0n) is 11.4. The highest BCUT2D eigenvalue weighted by atomic mass is 14.8. The molecule has 1 aromatic rings. The van der Waals surface area contributed by atoms with Crippen LogP contribution in [-0.2, 0) is 12.0 Å². The Labute approximate surface area is 106 Å². The summed E-state index contributed by atoms with van der Waals surface area (Å²) in [6.07, 6.45) is 4.28. The molecule has 0 atom stereocenters. The standard InChI is InChI=1S/C16H25N/c1-16(2,3)15-8-6-14(7-9-15)12-17-11-10-13-4-5-13/h6-9,13,17H,4-5,10-12H2,1-3H3. The second kappa shape index (κ2) is 5.22. The third kappa shape index (κ3) is 4.16. The molecule has 0 bridgehead atoms. The summed E-state index contributed by atoms with van der Waals surface area (Å²) in [4.78, 5) is 0. The van der Waals surface area contributed by atoms with Crippen LogP contribution in [0.2, 0.25) is 0 Å². The lowest BCUT2D eigenvalue weighted by Gasteiger charge is -2.19. The van der Waals surface area contributed by atoms with Crippen LogP contribution in [0, 0.1) is 5.92 Å². The highest BCUT2D eigenvalue weighted by Crippen LogP contribution is 2.31. The van der Waals surface area contributed by atoms with Gasteiger partial charge in [-0.15, -0.1) is 0 Å². The van der Waals surface area contributed by atoms with Crippen molar-refractivity contribution in [3.8, 4) is 0 Å². The highest BCUT2D eigenvalue weighted by molar-refractivity contribution is 5.27. The van der Waals surface area contributed by atoms with Gasteiger partial charge in [0, 0.05) is 6.54 Å². The quantitative estimate of drug-likeness (QED) is 0.758. The van der Waals surface area contributed by atoms with Gasteiger partial charge in [-0.05, 0) is 35.4 Å². The molecule has 0 aliphatic heterocycles. The van der Waals surface area contributed by atoms with Crippen LogP contribution in [-0.4, -0.2) is 6.54 Å². The number of benzene rings is 1. The molecule has 1 aliphatic rings. The summed E-state index contributed by atoms with van der Waals surface area (Å²) in [6.45, 7) is 8.96. The lowest BCUT2D eigenvalue weighted by Crippen LogP contribution is -2.15. The Bertz CT molecular complexity index is 341. The molecule has 1 heteroatoms. The van der Waals surface area contributed by atoms with E-state index >= 15 is 0 Å². The zero-order chi connectivity index (χ0) is 12.3. The maximum atomic E-state index is 3.53. The number of hydrogen-bond acceptors (Lipinski definition) is 1. The van der Waals surface area contributed by atoms with Gasteiger partial charge in [-0.2, -0.15) is 0 Å². The van der Waals surface area contributed by atoms with E-state index in [4.69, 9.17) is 0 Å². The molecular weight excluding hydrogens is 206 g/mol. The van der Waals surface area contributed by atoms with Crippen LogP contribution in [0.3, 0.4) is 0 Å². The minimum absolute atomic E-state index is 0.262. The van der Waals surface area contributed by atoms with Gasteiger partial charge in [-0.1, -0.05) is 57.9 Å². The van der Waals surface area contributed by atoms with Crippen LogP contribution in [0.15, 0.2) is 24.3 Å². The Morgan fingerprint density at radius 1 is 1.12 bits per heavy atom. The Kier molecular flexibility index (Phi) is 3.88. The van der Waals surface area contributed by atoms with Crippen LogP contribution >= 0.6 is 0 Å². The SMILES string of the molecule is CC(C)(C)c1ccc(CNCCC2CC2)cc1. The summed E-state index contributed by atoms with van der Waals surface area (Å²) in [5.74, 6) is 1.03. The number of nitrogens with one attached hydrogen (secondary N) is 1. The third-order valence-electron chi connectivity index (χ3n) is 3.58. The molecule has 0 spiro atoms. The fourth-order valence-corrected chi connectivity index (χ4v) is 2.07. The first kappa shape index (κ1) is 12.6. The second-order valence-electron chi connectivity index (χ2n) is 6.36. The van der Waals surface area contributed by atoms with Crippen molar-refractivity contribution < 1.29 is 0 Å². The predicted molar refractivity (Wildman–Crippen MR) is 74.2 cm³/mol. The fourth-order valence-electron chi connectivity index (χ4n) is 2.07. The molecule has 0 heterocycles. The van der Waals surface area contributed by atoms with E-state index in [9.17, 15) is 0 Å². The lowest BCUT2D eigenvalue weighted by molar-refractivity contribution is 0.588. The molecule has 0 saturated heterocycles. The minimum atomic E-state index is 0.262. The molecule has 17 heavy (non-hydrogen) atoms. The molecule has 0 aromatic heterocycles. The van der Waals surface area contributed by atoms with Crippen molar-refractivity contribution in [2.45, 2.75) is 52.0 Å². The average Bonchev–Trinajstić information content (AvgIpc) is 3.08. The van der Waals surface area contributed by atoms with E-state index in [0.29, 0.717) is 0 Å². The van der Waals surface area contributed by atoms with Gasteiger partial charge in [-0.25, -0.2) is 0 Å². The molecule has 1 aliphatic carbocycles. The fraction of sp³-hybridized carbons (Fsp3) is 0.625. The van der Waals surface area contributed by atoms with Gasteiger partial charge < -0.3 is 5.32 Å². The topological polar surface area (TPSA) is 12.0 Å². The molecule has 1 fully saturated rings. The van der Waals surface area contributed by atoms with Crippen molar-refractivity contribution in [1.82, 2.24) is 5.32 Å². The van der Waals surface area contributed by atoms with E-state index in [2.05, 4.69) is 50.4 Å². The lowest BCUT2D eigenvalue weighted by atomic mass is 9.87. The molecule has 1 saturated carbocycles. The van der Waals surface area contributed by atoms with Crippen LogP contribution in [0.25, 0.3) is 0 Å². The molecular formula is C16H25N. The summed E-state index contributed by atoms with van der Waals surface area (Å²) in [7, 11) is 0. The number of rotatable bonds is 5. The normalized spacial score (nSPS) is 16.2. The number of hydrogen-bond donors (Lipinski definition) is 1. The predicted octanol–water partition coefficient (Wildman–Crippen LogP) is 3.87. The highest BCUT2D eigenvalue weighted by Gasteiger charge is 2.19. The van der Waals surface area contributed by atoms with Crippen LogP contribution in [0.5, 0.6) is 0 Å². The van der Waals surface area contributed by atoms with E-state index in [1.807, 2.05) is 0 Å². The first-order chi connectivity index (χ1) is 8.05. The van der Waals surface area contributed by atoms with Crippen molar-refractivity contribution in [1.29, 1.82) is 0 Å². The van der Waals surface area contributed by atoms with Gasteiger partial charge in [-0.3, -0.25) is 0 Å². The van der Waals surface area contributed by atoms with Crippen molar-refractivity contribution in [2.24, 2.45) is 5.92 Å². The van der Waals surface area contributed by atoms with Gasteiger partial charge in [0.1, 0.15) is 0 Å². The Hall–Kier alpha value is -0.820. The van der Waals surface area contributed by atoms with Gasteiger partial charge in [0.25, 0.3) is 0 Å². The van der Waals surface area contributed by atoms with E-state index in [1.54, 1.807) is 0 Å². The molecule has 2 rings (SSSR count). The van der Waals surface area contributed by atoms with Crippen molar-refractivity contribution in [2.75, 3.05) is 6.54 Å². The van der Waals surface area contributed by atoms with Gasteiger partial charge >= 0.3 is 0 Å². The minimum Gasteiger partial charge on any atom is -0.313 e. The van der Waals surface area contributed by atoms with Crippen molar-refractivity contribution >= 4 is 0 Å². The smallest absolute Gasteiger partial charge is 0.0205 e.